The standard InChI is InChI=1S/C20H25FN4O2S/c1-3-13(2)25(20(27)17-12-28-24-23-17)18(14-8-10-15(21)11-9-14)19(26)22-16-6-4-5-7-16/h8-13,16,18H,3-7H2,1-2H3,(H,22,26)/t13-,18-/m1/s1. The molecule has 150 valence electrons. The van der Waals surface area contributed by atoms with Crippen molar-refractivity contribution in [1.29, 1.82) is 0 Å². The molecule has 1 N–H and O–H groups in total. The molecule has 1 aromatic carbocycles. The molecule has 0 bridgehead atoms. The van der Waals surface area contributed by atoms with Gasteiger partial charge in [-0.05, 0) is 55.4 Å². The van der Waals surface area contributed by atoms with E-state index in [0.29, 0.717) is 12.0 Å². The lowest BCUT2D eigenvalue weighted by atomic mass is 10.00. The molecule has 2 amide bonds. The van der Waals surface area contributed by atoms with E-state index in [1.54, 1.807) is 22.4 Å². The number of halogens is 1. The zero-order chi connectivity index (χ0) is 20.1. The third-order valence-electron chi connectivity index (χ3n) is 5.29. The fraction of sp³-hybridized carbons (Fsp3) is 0.500. The van der Waals surface area contributed by atoms with E-state index < -0.39 is 6.04 Å². The maximum absolute atomic E-state index is 13.5. The summed E-state index contributed by atoms with van der Waals surface area (Å²) >= 11 is 1.09. The Morgan fingerprint density at radius 3 is 2.54 bits per heavy atom. The normalized spacial score (nSPS) is 16.5. The van der Waals surface area contributed by atoms with Gasteiger partial charge in [-0.25, -0.2) is 4.39 Å². The molecule has 2 atom stereocenters. The van der Waals surface area contributed by atoms with Crippen molar-refractivity contribution in [1.82, 2.24) is 19.8 Å². The maximum Gasteiger partial charge on any atom is 0.276 e. The number of carbonyl (C=O) groups excluding carboxylic acids is 2. The van der Waals surface area contributed by atoms with Gasteiger partial charge in [-0.2, -0.15) is 0 Å². The van der Waals surface area contributed by atoms with E-state index in [9.17, 15) is 14.0 Å². The minimum absolute atomic E-state index is 0.116. The van der Waals surface area contributed by atoms with Gasteiger partial charge < -0.3 is 10.2 Å². The summed E-state index contributed by atoms with van der Waals surface area (Å²) in [5.74, 6) is -0.974. The SMILES string of the molecule is CC[C@@H](C)N(C(=O)c1csnn1)[C@@H](C(=O)NC1CCCC1)c1ccc(F)cc1. The van der Waals surface area contributed by atoms with Gasteiger partial charge >= 0.3 is 0 Å². The first-order valence-electron chi connectivity index (χ1n) is 9.66. The molecular weight excluding hydrogens is 379 g/mol. The Hall–Kier alpha value is -2.35. The van der Waals surface area contributed by atoms with Crippen LogP contribution in [0.25, 0.3) is 0 Å². The Labute approximate surface area is 168 Å². The summed E-state index contributed by atoms with van der Waals surface area (Å²) in [6, 6.07) is 4.81. The van der Waals surface area contributed by atoms with Crippen LogP contribution in [0.2, 0.25) is 0 Å². The van der Waals surface area contributed by atoms with Crippen LogP contribution in [-0.2, 0) is 4.79 Å². The Morgan fingerprint density at radius 1 is 1.29 bits per heavy atom. The van der Waals surface area contributed by atoms with Crippen LogP contribution in [0.3, 0.4) is 0 Å². The first kappa shape index (κ1) is 20.4. The van der Waals surface area contributed by atoms with Crippen LogP contribution in [0.4, 0.5) is 4.39 Å². The molecule has 1 aliphatic rings. The van der Waals surface area contributed by atoms with Crippen molar-refractivity contribution in [2.24, 2.45) is 0 Å². The van der Waals surface area contributed by atoms with Gasteiger partial charge in [-0.3, -0.25) is 9.59 Å². The van der Waals surface area contributed by atoms with Gasteiger partial charge in [-0.1, -0.05) is 36.4 Å². The predicted octanol–water partition coefficient (Wildman–Crippen LogP) is 3.72. The fourth-order valence-electron chi connectivity index (χ4n) is 3.59. The van der Waals surface area contributed by atoms with Crippen LogP contribution in [0, 0.1) is 5.82 Å². The lowest BCUT2D eigenvalue weighted by Crippen LogP contribution is -2.49. The Morgan fingerprint density at radius 2 is 1.96 bits per heavy atom. The number of hydrogen-bond donors (Lipinski definition) is 1. The highest BCUT2D eigenvalue weighted by Gasteiger charge is 2.36. The average molecular weight is 405 g/mol. The summed E-state index contributed by atoms with van der Waals surface area (Å²) in [6.07, 6.45) is 4.72. The van der Waals surface area contributed by atoms with Gasteiger partial charge in [-0.15, -0.1) is 5.10 Å². The molecule has 2 aromatic rings. The minimum atomic E-state index is -0.856. The molecule has 1 aliphatic carbocycles. The van der Waals surface area contributed by atoms with E-state index in [1.165, 1.54) is 12.1 Å². The molecule has 0 aliphatic heterocycles. The van der Waals surface area contributed by atoms with Crippen LogP contribution in [0.1, 0.15) is 68.0 Å². The molecule has 8 heteroatoms. The molecule has 1 saturated carbocycles. The third-order valence-corrected chi connectivity index (χ3v) is 5.80. The number of hydrogen-bond acceptors (Lipinski definition) is 5. The minimum Gasteiger partial charge on any atom is -0.351 e. The smallest absolute Gasteiger partial charge is 0.276 e. The first-order valence-corrected chi connectivity index (χ1v) is 10.5. The third kappa shape index (κ3) is 4.55. The van der Waals surface area contributed by atoms with Gasteiger partial charge in [0, 0.05) is 17.5 Å². The monoisotopic (exact) mass is 404 g/mol. The number of nitrogens with one attached hydrogen (secondary N) is 1. The summed E-state index contributed by atoms with van der Waals surface area (Å²) in [5.41, 5.74) is 0.791. The summed E-state index contributed by atoms with van der Waals surface area (Å²) < 4.78 is 17.3. The summed E-state index contributed by atoms with van der Waals surface area (Å²) in [6.45, 7) is 3.86. The van der Waals surface area contributed by atoms with Crippen molar-refractivity contribution in [2.45, 2.75) is 64.1 Å². The quantitative estimate of drug-likeness (QED) is 0.763. The largest absolute Gasteiger partial charge is 0.351 e. The Bertz CT molecular complexity index is 791. The number of carbonyl (C=O) groups is 2. The van der Waals surface area contributed by atoms with Crippen LogP contribution in [0.5, 0.6) is 0 Å². The molecule has 6 nitrogen and oxygen atoms in total. The fourth-order valence-corrected chi connectivity index (χ4v) is 4.02. The molecule has 0 radical (unpaired) electrons. The lowest BCUT2D eigenvalue weighted by molar-refractivity contribution is -0.127. The van der Waals surface area contributed by atoms with E-state index >= 15 is 0 Å². The number of aromatic nitrogens is 2. The predicted molar refractivity (Wildman–Crippen MR) is 105 cm³/mol. The van der Waals surface area contributed by atoms with Crippen LogP contribution in [-0.4, -0.2) is 38.4 Å². The zero-order valence-corrected chi connectivity index (χ0v) is 16.9. The molecule has 1 fully saturated rings. The van der Waals surface area contributed by atoms with Crippen molar-refractivity contribution >= 4 is 23.3 Å². The highest BCUT2D eigenvalue weighted by Crippen LogP contribution is 2.28. The topological polar surface area (TPSA) is 75.2 Å². The van der Waals surface area contributed by atoms with Crippen molar-refractivity contribution in [3.63, 3.8) is 0 Å². The van der Waals surface area contributed by atoms with E-state index in [2.05, 4.69) is 14.9 Å². The van der Waals surface area contributed by atoms with Crippen LogP contribution < -0.4 is 5.32 Å². The van der Waals surface area contributed by atoms with Crippen LogP contribution >= 0.6 is 11.5 Å². The molecule has 0 spiro atoms. The Kier molecular flexibility index (Phi) is 6.72. The summed E-state index contributed by atoms with van der Waals surface area (Å²) in [7, 11) is 0. The van der Waals surface area contributed by atoms with Crippen molar-refractivity contribution < 1.29 is 14.0 Å². The highest BCUT2D eigenvalue weighted by atomic mass is 32.1. The second-order valence-electron chi connectivity index (χ2n) is 7.20. The number of amides is 2. The molecule has 0 unspecified atom stereocenters. The van der Waals surface area contributed by atoms with Gasteiger partial charge in [0.25, 0.3) is 5.91 Å². The van der Waals surface area contributed by atoms with Crippen molar-refractivity contribution in [3.05, 3.63) is 46.7 Å². The molecule has 1 aromatic heterocycles. The molecule has 1 heterocycles. The van der Waals surface area contributed by atoms with E-state index in [4.69, 9.17) is 0 Å². The van der Waals surface area contributed by atoms with Gasteiger partial charge in [0.05, 0.1) is 0 Å². The number of benzene rings is 1. The second-order valence-corrected chi connectivity index (χ2v) is 7.81. The average Bonchev–Trinajstić information content (AvgIpc) is 3.40. The molecule has 0 saturated heterocycles. The van der Waals surface area contributed by atoms with E-state index in [1.807, 2.05) is 13.8 Å². The molecule has 28 heavy (non-hydrogen) atoms. The molecule has 3 rings (SSSR count). The maximum atomic E-state index is 13.5. The number of rotatable bonds is 7. The second kappa shape index (κ2) is 9.23. The van der Waals surface area contributed by atoms with Gasteiger partial charge in [0.1, 0.15) is 11.9 Å². The summed E-state index contributed by atoms with van der Waals surface area (Å²) in [5, 5.41) is 8.56. The van der Waals surface area contributed by atoms with E-state index in [0.717, 1.165) is 37.2 Å². The van der Waals surface area contributed by atoms with Crippen molar-refractivity contribution in [2.75, 3.05) is 0 Å². The zero-order valence-electron chi connectivity index (χ0n) is 16.1. The van der Waals surface area contributed by atoms with Gasteiger partial charge in [0.2, 0.25) is 5.91 Å². The van der Waals surface area contributed by atoms with E-state index in [-0.39, 0.29) is 35.4 Å². The number of nitrogens with zero attached hydrogens (tertiary/aromatic N) is 3. The molecular formula is C20H25FN4O2S. The highest BCUT2D eigenvalue weighted by molar-refractivity contribution is 7.03. The van der Waals surface area contributed by atoms with Crippen LogP contribution in [0.15, 0.2) is 29.6 Å². The van der Waals surface area contributed by atoms with Gasteiger partial charge in [0.15, 0.2) is 5.69 Å². The summed E-state index contributed by atoms with van der Waals surface area (Å²) in [4.78, 5) is 28.0. The van der Waals surface area contributed by atoms with Crippen molar-refractivity contribution in [3.8, 4) is 0 Å². The first-order chi connectivity index (χ1) is 13.5. The lowest BCUT2D eigenvalue weighted by Gasteiger charge is -2.35. The Balaban J connectivity index is 1.98.